The second-order valence-electron chi connectivity index (χ2n) is 7.60. The highest BCUT2D eigenvalue weighted by Gasteiger charge is 2.36. The molecule has 1 radical (unpaired) electrons. The molecule has 4 rings (SSSR count). The van der Waals surface area contributed by atoms with Gasteiger partial charge in [-0.15, -0.1) is 4.72 Å². The number of hydrogen-bond donors (Lipinski definition) is 0. The van der Waals surface area contributed by atoms with E-state index in [-0.39, 0.29) is 24.2 Å². The van der Waals surface area contributed by atoms with Gasteiger partial charge in [-0.2, -0.15) is 0 Å². The van der Waals surface area contributed by atoms with Crippen molar-refractivity contribution >= 4 is 10.0 Å². The quantitative estimate of drug-likeness (QED) is 0.461. The van der Waals surface area contributed by atoms with Gasteiger partial charge in [0.25, 0.3) is 0 Å². The van der Waals surface area contributed by atoms with Gasteiger partial charge in [0.1, 0.15) is 18.1 Å². The number of nitrogens with zero attached hydrogens (tertiary/aromatic N) is 1. The first-order chi connectivity index (χ1) is 15.4. The molecule has 1 saturated carbocycles. The summed E-state index contributed by atoms with van der Waals surface area (Å²) in [6.07, 6.45) is 1.39. The maximum atomic E-state index is 13.7. The van der Waals surface area contributed by atoms with E-state index in [2.05, 4.69) is 4.72 Å². The lowest BCUT2D eigenvalue weighted by Crippen LogP contribution is -2.20. The van der Waals surface area contributed by atoms with Gasteiger partial charge in [0.15, 0.2) is 11.6 Å². The van der Waals surface area contributed by atoms with Crippen LogP contribution in [0, 0.1) is 11.6 Å². The Labute approximate surface area is 186 Å². The molecule has 1 fully saturated rings. The molecule has 0 amide bonds. The first-order valence-electron chi connectivity index (χ1n) is 10.1. The summed E-state index contributed by atoms with van der Waals surface area (Å²) >= 11 is 0. The molecular weight excluding hydrogens is 436 g/mol. The number of sulfonamides is 1. The van der Waals surface area contributed by atoms with E-state index in [1.807, 2.05) is 24.3 Å². The summed E-state index contributed by atoms with van der Waals surface area (Å²) in [6.45, 7) is 0.411. The number of rotatable bonds is 9. The fourth-order valence-electron chi connectivity index (χ4n) is 3.27. The summed E-state index contributed by atoms with van der Waals surface area (Å²) in [7, 11) is -1.95. The number of methoxy groups -OCH3 is 1. The Morgan fingerprint density at radius 2 is 1.66 bits per heavy atom. The lowest BCUT2D eigenvalue weighted by Gasteiger charge is -2.11. The maximum absolute atomic E-state index is 13.7. The lowest BCUT2D eigenvalue weighted by atomic mass is 10.0. The molecule has 0 saturated heterocycles. The molecule has 0 bridgehead atoms. The first kappa shape index (κ1) is 22.2. The van der Waals surface area contributed by atoms with Crippen LogP contribution in [-0.2, 0) is 23.2 Å². The topological polar surface area (TPSA) is 66.7 Å². The Hall–Kier alpha value is -2.97. The second-order valence-corrected chi connectivity index (χ2v) is 9.56. The van der Waals surface area contributed by atoms with Crippen molar-refractivity contribution in [3.8, 4) is 22.6 Å². The van der Waals surface area contributed by atoms with Crippen molar-refractivity contribution < 1.29 is 26.7 Å². The molecule has 1 aliphatic carbocycles. The molecule has 167 valence electrons. The average molecular weight is 459 g/mol. The van der Waals surface area contributed by atoms with Crippen LogP contribution in [0.15, 0.2) is 60.7 Å². The predicted molar refractivity (Wildman–Crippen MR) is 117 cm³/mol. The first-order valence-corrected chi connectivity index (χ1v) is 11.6. The summed E-state index contributed by atoms with van der Waals surface area (Å²) in [4.78, 5) is 0. The fourth-order valence-corrected chi connectivity index (χ4v) is 4.55. The van der Waals surface area contributed by atoms with Gasteiger partial charge in [-0.05, 0) is 47.7 Å². The van der Waals surface area contributed by atoms with Crippen molar-refractivity contribution in [1.82, 2.24) is 4.72 Å². The summed E-state index contributed by atoms with van der Waals surface area (Å²) in [5, 5.41) is -0.302. The van der Waals surface area contributed by atoms with Gasteiger partial charge < -0.3 is 9.47 Å². The molecule has 0 unspecified atom stereocenters. The van der Waals surface area contributed by atoms with Crippen molar-refractivity contribution in [2.24, 2.45) is 0 Å². The van der Waals surface area contributed by atoms with Crippen LogP contribution in [0.5, 0.6) is 11.5 Å². The smallest absolute Gasteiger partial charge is 0.231 e. The monoisotopic (exact) mass is 458 g/mol. The highest BCUT2D eigenvalue weighted by Crippen LogP contribution is 2.33. The molecule has 0 heterocycles. The van der Waals surface area contributed by atoms with Crippen molar-refractivity contribution in [3.63, 3.8) is 0 Å². The van der Waals surface area contributed by atoms with E-state index in [1.165, 1.54) is 7.11 Å². The molecule has 3 aromatic carbocycles. The van der Waals surface area contributed by atoms with Crippen LogP contribution >= 0.6 is 0 Å². The van der Waals surface area contributed by atoms with Crippen LogP contribution in [0.2, 0.25) is 0 Å². The molecule has 0 atom stereocenters. The van der Waals surface area contributed by atoms with Crippen LogP contribution in [0.1, 0.15) is 24.0 Å². The number of hydrogen-bond acceptors (Lipinski definition) is 4. The normalized spacial score (nSPS) is 13.7. The molecule has 0 aromatic heterocycles. The molecule has 1 aliphatic rings. The fraction of sp³-hybridized carbons (Fsp3) is 0.250. The van der Waals surface area contributed by atoms with Crippen LogP contribution in [0.25, 0.3) is 11.1 Å². The zero-order chi connectivity index (χ0) is 22.7. The Bertz CT molecular complexity index is 1210. The van der Waals surface area contributed by atoms with E-state index >= 15 is 0 Å². The van der Waals surface area contributed by atoms with Crippen LogP contribution in [-0.4, -0.2) is 20.8 Å². The summed E-state index contributed by atoms with van der Waals surface area (Å²) in [5.74, 6) is -1.08. The number of benzene rings is 3. The SMILES string of the molecule is COc1cc(F)c(F)cc1-c1ccc(OCc2cccc(C[N]S(=O)(=O)C3CC3)c2)cc1. The largest absolute Gasteiger partial charge is 0.496 e. The van der Waals surface area contributed by atoms with Gasteiger partial charge in [-0.25, -0.2) is 17.2 Å². The minimum absolute atomic E-state index is 0.122. The number of ether oxygens (including phenoxy) is 2. The van der Waals surface area contributed by atoms with E-state index in [9.17, 15) is 17.2 Å². The Morgan fingerprint density at radius 3 is 2.34 bits per heavy atom. The summed E-state index contributed by atoms with van der Waals surface area (Å²) in [5.41, 5.74) is 2.79. The minimum atomic E-state index is -3.35. The van der Waals surface area contributed by atoms with Gasteiger partial charge in [0.05, 0.1) is 18.9 Å². The van der Waals surface area contributed by atoms with Crippen LogP contribution < -0.4 is 14.2 Å². The van der Waals surface area contributed by atoms with Crippen LogP contribution in [0.4, 0.5) is 8.78 Å². The maximum Gasteiger partial charge on any atom is 0.231 e. The van der Waals surface area contributed by atoms with E-state index in [0.717, 1.165) is 23.3 Å². The third kappa shape index (κ3) is 5.26. The van der Waals surface area contributed by atoms with Crippen LogP contribution in [0.3, 0.4) is 0 Å². The van der Waals surface area contributed by atoms with Gasteiger partial charge in [0.2, 0.25) is 10.0 Å². The zero-order valence-electron chi connectivity index (χ0n) is 17.4. The van der Waals surface area contributed by atoms with Gasteiger partial charge >= 0.3 is 0 Å². The highest BCUT2D eigenvalue weighted by atomic mass is 32.2. The van der Waals surface area contributed by atoms with Gasteiger partial charge in [-0.1, -0.05) is 36.4 Å². The van der Waals surface area contributed by atoms with E-state index in [4.69, 9.17) is 9.47 Å². The zero-order valence-corrected chi connectivity index (χ0v) is 18.2. The molecule has 3 aromatic rings. The Morgan fingerprint density at radius 1 is 0.969 bits per heavy atom. The van der Waals surface area contributed by atoms with E-state index in [0.29, 0.717) is 29.7 Å². The standard InChI is InChI=1S/C24H22F2NO4S/c1-30-24-13-23(26)22(25)12-21(24)18-5-7-19(8-6-18)31-15-17-4-2-3-16(11-17)14-27-32(28,29)20-9-10-20/h2-8,11-13,20H,9-10,14-15H2,1H3. The third-order valence-electron chi connectivity index (χ3n) is 5.18. The molecule has 32 heavy (non-hydrogen) atoms. The van der Waals surface area contributed by atoms with Crippen molar-refractivity contribution in [2.75, 3.05) is 7.11 Å². The van der Waals surface area contributed by atoms with Crippen molar-refractivity contribution in [3.05, 3.63) is 83.4 Å². The molecule has 8 heteroatoms. The summed E-state index contributed by atoms with van der Waals surface area (Å²) in [6, 6.07) is 16.5. The molecular formula is C24H22F2NO4S. The summed E-state index contributed by atoms with van der Waals surface area (Å²) < 4.78 is 65.8. The molecule has 0 spiro atoms. The third-order valence-corrected chi connectivity index (χ3v) is 6.98. The lowest BCUT2D eigenvalue weighted by molar-refractivity contribution is 0.306. The molecule has 0 N–H and O–H groups in total. The highest BCUT2D eigenvalue weighted by molar-refractivity contribution is 7.90. The van der Waals surface area contributed by atoms with Crippen molar-refractivity contribution in [1.29, 1.82) is 0 Å². The minimum Gasteiger partial charge on any atom is -0.496 e. The van der Waals surface area contributed by atoms with E-state index in [1.54, 1.807) is 24.3 Å². The predicted octanol–water partition coefficient (Wildman–Crippen LogP) is 4.82. The molecule has 5 nitrogen and oxygen atoms in total. The van der Waals surface area contributed by atoms with E-state index < -0.39 is 21.7 Å². The number of halogens is 2. The average Bonchev–Trinajstić information content (AvgIpc) is 3.65. The molecule has 0 aliphatic heterocycles. The van der Waals surface area contributed by atoms with Gasteiger partial charge in [0, 0.05) is 11.6 Å². The second kappa shape index (κ2) is 9.26. The van der Waals surface area contributed by atoms with Gasteiger partial charge in [-0.3, -0.25) is 0 Å². The van der Waals surface area contributed by atoms with Crippen molar-refractivity contribution in [2.45, 2.75) is 31.2 Å². The Kier molecular flexibility index (Phi) is 6.43. The Balaban J connectivity index is 1.39.